The minimum atomic E-state index is 0.129. The van der Waals surface area contributed by atoms with Crippen molar-refractivity contribution in [2.24, 2.45) is 0 Å². The Morgan fingerprint density at radius 2 is 1.86 bits per heavy atom. The van der Waals surface area contributed by atoms with Gasteiger partial charge in [0, 0.05) is 29.1 Å². The molecule has 4 rings (SSSR count). The first-order valence-corrected chi connectivity index (χ1v) is 10.7. The molecule has 0 bridgehead atoms. The van der Waals surface area contributed by atoms with Crippen molar-refractivity contribution in [1.82, 2.24) is 9.47 Å². The maximum Gasteiger partial charge on any atom is 0.246 e. The zero-order valence-electron chi connectivity index (χ0n) is 17.8. The van der Waals surface area contributed by atoms with Gasteiger partial charge in [0.25, 0.3) is 0 Å². The monoisotopic (exact) mass is 394 g/mol. The van der Waals surface area contributed by atoms with Crippen molar-refractivity contribution in [3.8, 4) is 5.75 Å². The van der Waals surface area contributed by atoms with Gasteiger partial charge in [-0.15, -0.1) is 0 Å². The highest BCUT2D eigenvalue weighted by Crippen LogP contribution is 2.38. The Balaban J connectivity index is 1.29. The van der Waals surface area contributed by atoms with E-state index < -0.39 is 0 Å². The highest BCUT2D eigenvalue weighted by molar-refractivity contribution is 5.92. The van der Waals surface area contributed by atoms with E-state index in [2.05, 4.69) is 36.6 Å². The van der Waals surface area contributed by atoms with Crippen LogP contribution in [0.4, 0.5) is 0 Å². The molecule has 1 aromatic heterocycles. The van der Waals surface area contributed by atoms with Crippen molar-refractivity contribution >= 4 is 12.0 Å². The van der Waals surface area contributed by atoms with Crippen LogP contribution in [0.25, 0.3) is 6.08 Å². The second-order valence-corrected chi connectivity index (χ2v) is 8.36. The smallest absolute Gasteiger partial charge is 0.246 e. The molecule has 154 valence electrons. The molecule has 1 saturated heterocycles. The summed E-state index contributed by atoms with van der Waals surface area (Å²) < 4.78 is 7.65. The van der Waals surface area contributed by atoms with Gasteiger partial charge >= 0.3 is 0 Å². The fourth-order valence-electron chi connectivity index (χ4n) is 4.38. The van der Waals surface area contributed by atoms with E-state index >= 15 is 0 Å². The Labute approximate surface area is 173 Å². The van der Waals surface area contributed by atoms with Crippen LogP contribution in [0.1, 0.15) is 41.4 Å². The molecule has 0 radical (unpaired) electrons. The Hall–Kier alpha value is -2.53. The van der Waals surface area contributed by atoms with Crippen LogP contribution in [-0.2, 0) is 11.3 Å². The summed E-state index contributed by atoms with van der Waals surface area (Å²) in [4.78, 5) is 16.2. The first kappa shape index (κ1) is 19.8. The topological polar surface area (TPSA) is 38.9 Å². The number of nitrogens with zero attached hydrogens (tertiary/aromatic N) is 2. The average molecular weight is 395 g/mol. The lowest BCUT2D eigenvalue weighted by molar-refractivity contribution is -0.917. The fraction of sp³-hybridized carbons (Fsp3) is 0.458. The van der Waals surface area contributed by atoms with Gasteiger partial charge in [-0.3, -0.25) is 4.79 Å². The summed E-state index contributed by atoms with van der Waals surface area (Å²) in [5.74, 6) is 1.02. The van der Waals surface area contributed by atoms with Crippen LogP contribution in [0.2, 0.25) is 0 Å². The third-order valence-electron chi connectivity index (χ3n) is 6.24. The zero-order chi connectivity index (χ0) is 20.4. The fourth-order valence-corrected chi connectivity index (χ4v) is 4.38. The molecule has 1 amide bonds. The number of aryl methyl sites for hydroxylation is 1. The van der Waals surface area contributed by atoms with Crippen molar-refractivity contribution in [3.63, 3.8) is 0 Å². The molecule has 2 heterocycles. The Bertz CT molecular complexity index is 886. The number of aromatic nitrogens is 1. The summed E-state index contributed by atoms with van der Waals surface area (Å²) in [5, 5.41) is 0. The molecule has 5 heteroatoms. The highest BCUT2D eigenvalue weighted by Gasteiger charge is 2.27. The third kappa shape index (κ3) is 4.56. The molecule has 1 saturated carbocycles. The number of amides is 1. The van der Waals surface area contributed by atoms with Gasteiger partial charge in [0.2, 0.25) is 5.91 Å². The largest absolute Gasteiger partial charge is 0.497 e. The second-order valence-electron chi connectivity index (χ2n) is 8.36. The van der Waals surface area contributed by atoms with Gasteiger partial charge in [-0.1, -0.05) is 0 Å². The number of benzene rings is 1. The summed E-state index contributed by atoms with van der Waals surface area (Å²) in [6.07, 6.45) is 6.32. The van der Waals surface area contributed by atoms with E-state index in [4.69, 9.17) is 4.74 Å². The maximum absolute atomic E-state index is 12.7. The van der Waals surface area contributed by atoms with Gasteiger partial charge in [0.1, 0.15) is 12.3 Å². The number of methoxy groups -OCH3 is 1. The molecule has 1 aliphatic carbocycles. The van der Waals surface area contributed by atoms with Crippen molar-refractivity contribution in [3.05, 3.63) is 58.9 Å². The predicted octanol–water partition coefficient (Wildman–Crippen LogP) is 2.39. The molecular formula is C24H32N3O2+. The zero-order valence-corrected chi connectivity index (χ0v) is 17.8. The molecule has 1 N–H and O–H groups in total. The number of ether oxygens (including phenoxy) is 1. The third-order valence-corrected chi connectivity index (χ3v) is 6.24. The lowest BCUT2D eigenvalue weighted by Crippen LogP contribution is -3.13. The van der Waals surface area contributed by atoms with Gasteiger partial charge in [0.15, 0.2) is 0 Å². The quantitative estimate of drug-likeness (QED) is 0.764. The molecule has 2 fully saturated rings. The van der Waals surface area contributed by atoms with E-state index in [0.29, 0.717) is 6.04 Å². The summed E-state index contributed by atoms with van der Waals surface area (Å²) in [6, 6.07) is 11.2. The van der Waals surface area contributed by atoms with E-state index in [-0.39, 0.29) is 5.91 Å². The van der Waals surface area contributed by atoms with E-state index in [0.717, 1.165) is 38.5 Å². The number of hydrogen-bond acceptors (Lipinski definition) is 2. The molecule has 5 nitrogen and oxygen atoms in total. The van der Waals surface area contributed by atoms with E-state index in [1.54, 1.807) is 13.2 Å². The van der Waals surface area contributed by atoms with Gasteiger partial charge in [-0.2, -0.15) is 0 Å². The van der Waals surface area contributed by atoms with E-state index in [9.17, 15) is 4.79 Å². The Morgan fingerprint density at radius 3 is 2.48 bits per heavy atom. The predicted molar refractivity (Wildman–Crippen MR) is 115 cm³/mol. The molecule has 0 atom stereocenters. The number of quaternary nitrogens is 1. The van der Waals surface area contributed by atoms with Crippen molar-refractivity contribution in [1.29, 1.82) is 0 Å². The van der Waals surface area contributed by atoms with Crippen LogP contribution in [0.15, 0.2) is 36.4 Å². The van der Waals surface area contributed by atoms with Crippen LogP contribution in [0, 0.1) is 13.8 Å². The van der Waals surface area contributed by atoms with E-state index in [1.165, 1.54) is 40.3 Å². The van der Waals surface area contributed by atoms with Crippen LogP contribution in [0.3, 0.4) is 0 Å². The number of carbonyl (C=O) groups excluding carboxylic acids is 1. The lowest BCUT2D eigenvalue weighted by Gasteiger charge is -2.31. The van der Waals surface area contributed by atoms with Crippen molar-refractivity contribution in [2.45, 2.75) is 39.3 Å². The average Bonchev–Trinajstić information content (AvgIpc) is 3.52. The number of hydrogen-bond donors (Lipinski definition) is 1. The maximum atomic E-state index is 12.7. The standard InChI is InChI=1S/C24H31N3O2/c1-18-16-21(19(2)27(18)22-7-8-22)6-11-24(28)26-14-12-25(13-15-26)17-20-4-9-23(29-3)10-5-20/h4-6,9-11,16,22H,7-8,12-15,17H2,1-3H3/p+1/b11-6+. The normalized spacial score (nSPS) is 17.8. The van der Waals surface area contributed by atoms with Gasteiger partial charge < -0.3 is 19.1 Å². The van der Waals surface area contributed by atoms with Crippen LogP contribution < -0.4 is 9.64 Å². The summed E-state index contributed by atoms with van der Waals surface area (Å²) in [6.45, 7) is 8.93. The van der Waals surface area contributed by atoms with Crippen molar-refractivity contribution < 1.29 is 14.4 Å². The molecule has 0 unspecified atom stereocenters. The second kappa shape index (κ2) is 8.46. The molecule has 0 spiro atoms. The number of rotatable bonds is 6. The minimum absolute atomic E-state index is 0.129. The molecule has 1 aliphatic heterocycles. The lowest BCUT2D eigenvalue weighted by atomic mass is 10.2. The summed E-state index contributed by atoms with van der Waals surface area (Å²) >= 11 is 0. The Kier molecular flexibility index (Phi) is 5.76. The van der Waals surface area contributed by atoms with E-state index in [1.807, 2.05) is 23.1 Å². The molecule has 29 heavy (non-hydrogen) atoms. The first-order chi connectivity index (χ1) is 14.0. The molecule has 2 aromatic rings. The van der Waals surface area contributed by atoms with Crippen molar-refractivity contribution in [2.75, 3.05) is 33.3 Å². The van der Waals surface area contributed by atoms with Crippen LogP contribution in [-0.4, -0.2) is 48.7 Å². The molecular weight excluding hydrogens is 362 g/mol. The van der Waals surface area contributed by atoms with Crippen LogP contribution in [0.5, 0.6) is 5.75 Å². The minimum Gasteiger partial charge on any atom is -0.497 e. The van der Waals surface area contributed by atoms with Crippen LogP contribution >= 0.6 is 0 Å². The number of carbonyl (C=O) groups is 1. The number of piperazine rings is 1. The van der Waals surface area contributed by atoms with Gasteiger partial charge in [0.05, 0.1) is 33.3 Å². The summed E-state index contributed by atoms with van der Waals surface area (Å²) in [5.41, 5.74) is 5.06. The van der Waals surface area contributed by atoms with Gasteiger partial charge in [-0.05, 0) is 68.7 Å². The molecule has 2 aliphatic rings. The number of nitrogens with one attached hydrogen (secondary N) is 1. The molecule has 1 aromatic carbocycles. The summed E-state index contributed by atoms with van der Waals surface area (Å²) in [7, 11) is 1.69. The highest BCUT2D eigenvalue weighted by atomic mass is 16.5. The first-order valence-electron chi connectivity index (χ1n) is 10.7. The SMILES string of the molecule is COc1ccc(C[NH+]2CCN(C(=O)/C=C/c3cc(C)n(C4CC4)c3C)CC2)cc1. The Morgan fingerprint density at radius 1 is 1.17 bits per heavy atom. The van der Waals surface area contributed by atoms with Gasteiger partial charge in [-0.25, -0.2) is 0 Å².